The van der Waals surface area contributed by atoms with Crippen LogP contribution in [0.25, 0.3) is 0 Å². The van der Waals surface area contributed by atoms with Crippen molar-refractivity contribution in [3.8, 4) is 0 Å². The molecule has 1 atom stereocenters. The zero-order valence-corrected chi connectivity index (χ0v) is 9.34. The summed E-state index contributed by atoms with van der Waals surface area (Å²) in [7, 11) is 0. The highest BCUT2D eigenvalue weighted by Crippen LogP contribution is 2.43. The Bertz CT molecular complexity index is 246. The predicted molar refractivity (Wildman–Crippen MR) is 55.7 cm³/mol. The number of nitrogens with zero attached hydrogens (tertiary/aromatic N) is 1. The van der Waals surface area contributed by atoms with Gasteiger partial charge < -0.3 is 4.90 Å². The van der Waals surface area contributed by atoms with Gasteiger partial charge in [0.1, 0.15) is 0 Å². The first-order valence-corrected chi connectivity index (χ1v) is 5.62. The van der Waals surface area contributed by atoms with E-state index in [0.717, 1.165) is 19.0 Å². The number of rotatable bonds is 3. The van der Waals surface area contributed by atoms with Crippen LogP contribution in [0.1, 0.15) is 40.0 Å². The van der Waals surface area contributed by atoms with Gasteiger partial charge in [-0.2, -0.15) is 0 Å². The molecule has 1 saturated carbocycles. The SMILES string of the molecule is CCC1NCN(C(C)(C)C2CC2)C1=O. The molecule has 2 aliphatic rings. The fourth-order valence-electron chi connectivity index (χ4n) is 2.37. The van der Waals surface area contributed by atoms with Crippen LogP contribution in [-0.4, -0.2) is 29.1 Å². The standard InChI is InChI=1S/C11H20N2O/c1-4-9-10(14)13(7-12-9)11(2,3)8-5-6-8/h8-9,12H,4-7H2,1-3H3. The number of amides is 1. The van der Waals surface area contributed by atoms with Crippen LogP contribution in [0.4, 0.5) is 0 Å². The van der Waals surface area contributed by atoms with E-state index < -0.39 is 0 Å². The highest BCUT2D eigenvalue weighted by molar-refractivity contribution is 5.84. The number of nitrogens with one attached hydrogen (secondary N) is 1. The summed E-state index contributed by atoms with van der Waals surface area (Å²) in [5.41, 5.74) is 0.0635. The van der Waals surface area contributed by atoms with Gasteiger partial charge in [-0.05, 0) is 39.0 Å². The molecule has 0 radical (unpaired) electrons. The Morgan fingerprint density at radius 1 is 1.50 bits per heavy atom. The molecular formula is C11H20N2O. The molecule has 0 spiro atoms. The zero-order chi connectivity index (χ0) is 10.3. The van der Waals surface area contributed by atoms with Crippen LogP contribution in [0.2, 0.25) is 0 Å². The van der Waals surface area contributed by atoms with E-state index in [4.69, 9.17) is 0 Å². The fraction of sp³-hybridized carbons (Fsp3) is 0.909. The molecule has 80 valence electrons. The number of hydrogen-bond donors (Lipinski definition) is 1. The molecule has 0 aromatic heterocycles. The molecule has 2 rings (SSSR count). The van der Waals surface area contributed by atoms with Crippen LogP contribution in [-0.2, 0) is 4.79 Å². The number of carbonyl (C=O) groups is 1. The van der Waals surface area contributed by atoms with Crippen molar-refractivity contribution in [2.24, 2.45) is 5.92 Å². The van der Waals surface area contributed by atoms with E-state index in [1.54, 1.807) is 0 Å². The van der Waals surface area contributed by atoms with E-state index >= 15 is 0 Å². The molecule has 1 saturated heterocycles. The monoisotopic (exact) mass is 196 g/mol. The first-order chi connectivity index (χ1) is 6.57. The maximum Gasteiger partial charge on any atom is 0.241 e. The molecule has 1 unspecified atom stereocenters. The third-order valence-electron chi connectivity index (χ3n) is 3.74. The average Bonchev–Trinajstić information content (AvgIpc) is 2.90. The molecule has 1 aliphatic carbocycles. The molecule has 3 heteroatoms. The highest BCUT2D eigenvalue weighted by Gasteiger charge is 2.47. The summed E-state index contributed by atoms with van der Waals surface area (Å²) in [5, 5.41) is 3.27. The summed E-state index contributed by atoms with van der Waals surface area (Å²) < 4.78 is 0. The van der Waals surface area contributed by atoms with Crippen molar-refractivity contribution in [3.63, 3.8) is 0 Å². The molecule has 0 aromatic rings. The summed E-state index contributed by atoms with van der Waals surface area (Å²) in [6.07, 6.45) is 3.47. The van der Waals surface area contributed by atoms with E-state index in [2.05, 4.69) is 26.1 Å². The minimum absolute atomic E-state index is 0.0630. The normalized spacial score (nSPS) is 28.6. The van der Waals surface area contributed by atoms with Gasteiger partial charge in [0.15, 0.2) is 0 Å². The van der Waals surface area contributed by atoms with Gasteiger partial charge in [-0.1, -0.05) is 6.92 Å². The van der Waals surface area contributed by atoms with E-state index in [1.165, 1.54) is 12.8 Å². The van der Waals surface area contributed by atoms with Crippen LogP contribution >= 0.6 is 0 Å². The van der Waals surface area contributed by atoms with Crippen LogP contribution in [0.5, 0.6) is 0 Å². The van der Waals surface area contributed by atoms with Crippen molar-refractivity contribution in [1.82, 2.24) is 10.2 Å². The lowest BCUT2D eigenvalue weighted by atomic mass is 9.96. The minimum atomic E-state index is 0.0630. The molecule has 2 fully saturated rings. The van der Waals surface area contributed by atoms with Gasteiger partial charge in [0, 0.05) is 5.54 Å². The first-order valence-electron chi connectivity index (χ1n) is 5.62. The van der Waals surface area contributed by atoms with E-state index in [-0.39, 0.29) is 11.6 Å². The van der Waals surface area contributed by atoms with Gasteiger partial charge in [0.2, 0.25) is 5.91 Å². The quantitative estimate of drug-likeness (QED) is 0.739. The topological polar surface area (TPSA) is 32.3 Å². The lowest BCUT2D eigenvalue weighted by Crippen LogP contribution is -2.47. The Labute approximate surface area is 85.8 Å². The van der Waals surface area contributed by atoms with Gasteiger partial charge in [0.25, 0.3) is 0 Å². The lowest BCUT2D eigenvalue weighted by molar-refractivity contribution is -0.134. The Kier molecular flexibility index (Phi) is 2.30. The summed E-state index contributed by atoms with van der Waals surface area (Å²) in [5.74, 6) is 1.02. The molecule has 14 heavy (non-hydrogen) atoms. The third-order valence-corrected chi connectivity index (χ3v) is 3.74. The van der Waals surface area contributed by atoms with Crippen molar-refractivity contribution >= 4 is 5.91 Å². The summed E-state index contributed by atoms with van der Waals surface area (Å²) in [6.45, 7) is 7.19. The van der Waals surface area contributed by atoms with Crippen LogP contribution in [0.15, 0.2) is 0 Å². The van der Waals surface area contributed by atoms with Crippen molar-refractivity contribution in [2.75, 3.05) is 6.67 Å². The van der Waals surface area contributed by atoms with Gasteiger partial charge in [0.05, 0.1) is 12.7 Å². The van der Waals surface area contributed by atoms with Crippen molar-refractivity contribution < 1.29 is 4.79 Å². The molecule has 0 bridgehead atoms. The molecule has 0 aromatic carbocycles. The second kappa shape index (κ2) is 3.23. The van der Waals surface area contributed by atoms with Crippen LogP contribution in [0.3, 0.4) is 0 Å². The fourth-order valence-corrected chi connectivity index (χ4v) is 2.37. The summed E-state index contributed by atoms with van der Waals surface area (Å²) >= 11 is 0. The molecule has 1 N–H and O–H groups in total. The lowest BCUT2D eigenvalue weighted by Gasteiger charge is -2.35. The second-order valence-electron chi connectivity index (χ2n) is 5.02. The Morgan fingerprint density at radius 3 is 2.57 bits per heavy atom. The minimum Gasteiger partial charge on any atom is -0.323 e. The Morgan fingerprint density at radius 2 is 2.14 bits per heavy atom. The highest BCUT2D eigenvalue weighted by atomic mass is 16.2. The van der Waals surface area contributed by atoms with Crippen molar-refractivity contribution in [1.29, 1.82) is 0 Å². The van der Waals surface area contributed by atoms with Gasteiger partial charge in [-0.15, -0.1) is 0 Å². The maximum atomic E-state index is 12.0. The molecule has 1 amide bonds. The number of hydrogen-bond acceptors (Lipinski definition) is 2. The van der Waals surface area contributed by atoms with Crippen LogP contribution in [0, 0.1) is 5.92 Å². The van der Waals surface area contributed by atoms with Gasteiger partial charge >= 0.3 is 0 Å². The molecular weight excluding hydrogens is 176 g/mol. The Balaban J connectivity index is 2.08. The second-order valence-corrected chi connectivity index (χ2v) is 5.02. The average molecular weight is 196 g/mol. The van der Waals surface area contributed by atoms with Gasteiger partial charge in [-0.3, -0.25) is 10.1 Å². The third kappa shape index (κ3) is 1.44. The summed E-state index contributed by atoms with van der Waals surface area (Å²) in [4.78, 5) is 14.0. The molecule has 1 aliphatic heterocycles. The van der Waals surface area contributed by atoms with E-state index in [0.29, 0.717) is 5.91 Å². The largest absolute Gasteiger partial charge is 0.323 e. The maximum absolute atomic E-state index is 12.0. The molecule has 3 nitrogen and oxygen atoms in total. The number of carbonyl (C=O) groups excluding carboxylic acids is 1. The zero-order valence-electron chi connectivity index (χ0n) is 9.34. The van der Waals surface area contributed by atoms with Crippen LogP contribution < -0.4 is 5.32 Å². The first kappa shape index (κ1) is 9.97. The molecule has 1 heterocycles. The van der Waals surface area contributed by atoms with Crippen molar-refractivity contribution in [3.05, 3.63) is 0 Å². The Hall–Kier alpha value is -0.570. The van der Waals surface area contributed by atoms with Gasteiger partial charge in [-0.25, -0.2) is 0 Å². The smallest absolute Gasteiger partial charge is 0.241 e. The van der Waals surface area contributed by atoms with E-state index in [1.807, 2.05) is 4.90 Å². The van der Waals surface area contributed by atoms with Crippen molar-refractivity contribution in [2.45, 2.75) is 51.6 Å². The predicted octanol–water partition coefficient (Wildman–Crippen LogP) is 1.34. The summed E-state index contributed by atoms with van der Waals surface area (Å²) in [6, 6.07) is 0.0630. The van der Waals surface area contributed by atoms with E-state index in [9.17, 15) is 4.79 Å².